The van der Waals surface area contributed by atoms with Gasteiger partial charge in [-0.25, -0.2) is 0 Å². The molecule has 0 fully saturated rings. The third-order valence-corrected chi connectivity index (χ3v) is 11.5. The molecule has 57 heavy (non-hydrogen) atoms. The zero-order chi connectivity index (χ0) is 41.9. The molecular weight excluding hydrogens is 709 g/mol. The van der Waals surface area contributed by atoms with Crippen LogP contribution in [0.25, 0.3) is 0 Å². The highest BCUT2D eigenvalue weighted by molar-refractivity contribution is 5.71. The van der Waals surface area contributed by atoms with E-state index >= 15 is 0 Å². The number of hydrogen-bond acceptors (Lipinski definition) is 6. The fraction of sp³-hybridized carbons (Fsp3) is 0.941. The van der Waals surface area contributed by atoms with Gasteiger partial charge >= 0.3 is 17.9 Å². The van der Waals surface area contributed by atoms with Crippen molar-refractivity contribution in [2.24, 2.45) is 11.8 Å². The van der Waals surface area contributed by atoms with E-state index in [1.54, 1.807) is 0 Å². The SMILES string of the molecule is CCCCCCCCCCCCCCCCC(=O)OC[C@@H](COC(=O)CCCCCCCCCCCC(C)C)OC(=O)CCCCCCCCCCCCC(C)C. The number of ether oxygens (including phenoxy) is 3. The summed E-state index contributed by atoms with van der Waals surface area (Å²) < 4.78 is 16.8. The Morgan fingerprint density at radius 3 is 0.860 bits per heavy atom. The summed E-state index contributed by atoms with van der Waals surface area (Å²) in [5.74, 6) is 0.774. The van der Waals surface area contributed by atoms with E-state index in [2.05, 4.69) is 34.6 Å². The van der Waals surface area contributed by atoms with Gasteiger partial charge in [-0.2, -0.15) is 0 Å². The van der Waals surface area contributed by atoms with Crippen molar-refractivity contribution in [1.29, 1.82) is 0 Å². The van der Waals surface area contributed by atoms with E-state index in [0.29, 0.717) is 19.3 Å². The topological polar surface area (TPSA) is 78.9 Å². The van der Waals surface area contributed by atoms with Crippen LogP contribution in [-0.2, 0) is 28.6 Å². The van der Waals surface area contributed by atoms with Gasteiger partial charge in [0, 0.05) is 19.3 Å². The highest BCUT2D eigenvalue weighted by atomic mass is 16.6. The molecular formula is C51H98O6. The standard InChI is InChI=1S/C51H98O6/c1-6-7-8-9-10-11-12-13-14-15-21-26-31-36-41-49(52)55-44-48(45-56-50(53)42-37-32-27-23-18-20-25-30-35-40-47(4)5)57-51(54)43-38-33-28-22-17-16-19-24-29-34-39-46(2)3/h46-48H,6-45H2,1-5H3/t48-/m0/s1. The zero-order valence-corrected chi connectivity index (χ0v) is 39.0. The van der Waals surface area contributed by atoms with Gasteiger partial charge in [0.05, 0.1) is 0 Å². The Balaban J connectivity index is 4.32. The van der Waals surface area contributed by atoms with Gasteiger partial charge in [-0.3, -0.25) is 14.4 Å². The lowest BCUT2D eigenvalue weighted by Crippen LogP contribution is -2.30. The van der Waals surface area contributed by atoms with Crippen molar-refractivity contribution in [1.82, 2.24) is 0 Å². The summed E-state index contributed by atoms with van der Waals surface area (Å²) in [5.41, 5.74) is 0. The highest BCUT2D eigenvalue weighted by Crippen LogP contribution is 2.17. The number of hydrogen-bond donors (Lipinski definition) is 0. The van der Waals surface area contributed by atoms with Crippen LogP contribution >= 0.6 is 0 Å². The molecule has 6 heteroatoms. The molecule has 0 radical (unpaired) electrons. The first kappa shape index (κ1) is 55.4. The Labute approximate surface area is 355 Å². The fourth-order valence-electron chi connectivity index (χ4n) is 7.64. The molecule has 0 aromatic rings. The van der Waals surface area contributed by atoms with Gasteiger partial charge in [0.25, 0.3) is 0 Å². The number of carbonyl (C=O) groups is 3. The van der Waals surface area contributed by atoms with Crippen LogP contribution in [0.5, 0.6) is 0 Å². The number of esters is 3. The smallest absolute Gasteiger partial charge is 0.306 e. The van der Waals surface area contributed by atoms with Crippen LogP contribution < -0.4 is 0 Å². The molecule has 0 unspecified atom stereocenters. The van der Waals surface area contributed by atoms with Crippen molar-refractivity contribution in [3.05, 3.63) is 0 Å². The summed E-state index contributed by atoms with van der Waals surface area (Å²) >= 11 is 0. The van der Waals surface area contributed by atoms with Crippen LogP contribution in [0.1, 0.15) is 279 Å². The van der Waals surface area contributed by atoms with E-state index in [4.69, 9.17) is 14.2 Å². The molecule has 0 rings (SSSR count). The van der Waals surface area contributed by atoms with Crippen molar-refractivity contribution in [2.45, 2.75) is 285 Å². The van der Waals surface area contributed by atoms with Crippen molar-refractivity contribution < 1.29 is 28.6 Å². The normalized spacial score (nSPS) is 12.1. The first-order valence-electron chi connectivity index (χ1n) is 25.2. The molecule has 0 aliphatic carbocycles. The Kier molecular flexibility index (Phi) is 42.7. The average Bonchev–Trinajstić information content (AvgIpc) is 3.18. The molecule has 0 heterocycles. The van der Waals surface area contributed by atoms with E-state index in [1.165, 1.54) is 167 Å². The zero-order valence-electron chi connectivity index (χ0n) is 39.0. The van der Waals surface area contributed by atoms with Crippen molar-refractivity contribution in [3.8, 4) is 0 Å². The van der Waals surface area contributed by atoms with Gasteiger partial charge < -0.3 is 14.2 Å². The molecule has 0 N–H and O–H groups in total. The lowest BCUT2D eigenvalue weighted by molar-refractivity contribution is -0.167. The molecule has 6 nitrogen and oxygen atoms in total. The second kappa shape index (κ2) is 44.0. The Hall–Kier alpha value is -1.59. The maximum Gasteiger partial charge on any atom is 0.306 e. The second-order valence-corrected chi connectivity index (χ2v) is 18.4. The summed E-state index contributed by atoms with van der Waals surface area (Å²) in [6.07, 6.45) is 43.7. The largest absolute Gasteiger partial charge is 0.462 e. The minimum atomic E-state index is -0.761. The summed E-state index contributed by atoms with van der Waals surface area (Å²) in [5, 5.41) is 0. The number of unbranched alkanes of at least 4 members (excludes halogenated alkanes) is 30. The molecule has 0 aliphatic rings. The Bertz CT molecular complexity index is 870. The van der Waals surface area contributed by atoms with E-state index < -0.39 is 6.10 Å². The molecule has 0 aliphatic heterocycles. The predicted octanol–water partition coefficient (Wildman–Crippen LogP) is 16.1. The fourth-order valence-corrected chi connectivity index (χ4v) is 7.64. The van der Waals surface area contributed by atoms with Crippen LogP contribution in [0.3, 0.4) is 0 Å². The number of rotatable bonds is 45. The molecule has 0 aromatic heterocycles. The quantitative estimate of drug-likeness (QED) is 0.0346. The molecule has 0 saturated carbocycles. The van der Waals surface area contributed by atoms with Gasteiger partial charge in [0.2, 0.25) is 0 Å². The van der Waals surface area contributed by atoms with Crippen molar-refractivity contribution in [3.63, 3.8) is 0 Å². The third kappa shape index (κ3) is 45.3. The molecule has 338 valence electrons. The summed E-state index contributed by atoms with van der Waals surface area (Å²) in [6.45, 7) is 11.3. The lowest BCUT2D eigenvalue weighted by Gasteiger charge is -2.18. The van der Waals surface area contributed by atoms with E-state index in [9.17, 15) is 14.4 Å². The van der Waals surface area contributed by atoms with Crippen LogP contribution in [-0.4, -0.2) is 37.2 Å². The van der Waals surface area contributed by atoms with Crippen molar-refractivity contribution >= 4 is 17.9 Å². The predicted molar refractivity (Wildman–Crippen MR) is 243 cm³/mol. The lowest BCUT2D eigenvalue weighted by atomic mass is 10.0. The van der Waals surface area contributed by atoms with E-state index in [1.807, 2.05) is 0 Å². The molecule has 0 saturated heterocycles. The molecule has 0 bridgehead atoms. The van der Waals surface area contributed by atoms with Gasteiger partial charge in [-0.1, -0.05) is 240 Å². The molecule has 0 amide bonds. The van der Waals surface area contributed by atoms with Gasteiger partial charge in [0.15, 0.2) is 6.10 Å². The van der Waals surface area contributed by atoms with Crippen LogP contribution in [0.15, 0.2) is 0 Å². The summed E-state index contributed by atoms with van der Waals surface area (Å²) in [4.78, 5) is 37.9. The minimum Gasteiger partial charge on any atom is -0.462 e. The number of carbonyl (C=O) groups excluding carboxylic acids is 3. The van der Waals surface area contributed by atoms with E-state index in [0.717, 1.165) is 69.6 Å². The third-order valence-electron chi connectivity index (χ3n) is 11.5. The average molecular weight is 807 g/mol. The molecule has 0 spiro atoms. The van der Waals surface area contributed by atoms with Gasteiger partial charge in [-0.15, -0.1) is 0 Å². The maximum atomic E-state index is 12.8. The first-order valence-corrected chi connectivity index (χ1v) is 25.2. The minimum absolute atomic E-state index is 0.0641. The van der Waals surface area contributed by atoms with E-state index in [-0.39, 0.29) is 31.1 Å². The molecule has 1 atom stereocenters. The molecule has 0 aromatic carbocycles. The van der Waals surface area contributed by atoms with Crippen LogP contribution in [0.2, 0.25) is 0 Å². The maximum absolute atomic E-state index is 12.8. The van der Waals surface area contributed by atoms with Gasteiger partial charge in [0.1, 0.15) is 13.2 Å². The van der Waals surface area contributed by atoms with Crippen molar-refractivity contribution in [2.75, 3.05) is 13.2 Å². The first-order chi connectivity index (χ1) is 27.7. The van der Waals surface area contributed by atoms with Crippen LogP contribution in [0, 0.1) is 11.8 Å². The Morgan fingerprint density at radius 2 is 0.579 bits per heavy atom. The monoisotopic (exact) mass is 807 g/mol. The summed E-state index contributed by atoms with van der Waals surface area (Å²) in [6, 6.07) is 0. The van der Waals surface area contributed by atoms with Crippen LogP contribution in [0.4, 0.5) is 0 Å². The second-order valence-electron chi connectivity index (χ2n) is 18.4. The Morgan fingerprint density at radius 1 is 0.333 bits per heavy atom. The summed E-state index contributed by atoms with van der Waals surface area (Å²) in [7, 11) is 0. The van der Waals surface area contributed by atoms with Gasteiger partial charge in [-0.05, 0) is 31.1 Å². The highest BCUT2D eigenvalue weighted by Gasteiger charge is 2.19.